The molecule has 1 heterocycles. The molecular formula is C17H15N3O4S. The summed E-state index contributed by atoms with van der Waals surface area (Å²) in [7, 11) is -3.26. The highest BCUT2D eigenvalue weighted by Gasteiger charge is 2.11. The molecule has 25 heavy (non-hydrogen) atoms. The van der Waals surface area contributed by atoms with E-state index in [0.717, 1.165) is 11.8 Å². The van der Waals surface area contributed by atoms with Crippen LogP contribution in [0.1, 0.15) is 16.2 Å². The zero-order valence-electron chi connectivity index (χ0n) is 13.6. The average molecular weight is 357 g/mol. The summed E-state index contributed by atoms with van der Waals surface area (Å²) in [5, 5.41) is 6.44. The van der Waals surface area contributed by atoms with Crippen molar-refractivity contribution >= 4 is 21.4 Å². The van der Waals surface area contributed by atoms with Crippen LogP contribution in [0.25, 0.3) is 11.5 Å². The van der Waals surface area contributed by atoms with Gasteiger partial charge in [0, 0.05) is 23.1 Å². The molecule has 0 aliphatic heterocycles. The number of carbonyl (C=O) groups is 1. The molecule has 0 radical (unpaired) electrons. The third kappa shape index (κ3) is 3.92. The summed E-state index contributed by atoms with van der Waals surface area (Å²) in [6, 6.07) is 12.7. The van der Waals surface area contributed by atoms with Crippen LogP contribution in [0.5, 0.6) is 0 Å². The van der Waals surface area contributed by atoms with Crippen LogP contribution >= 0.6 is 0 Å². The van der Waals surface area contributed by atoms with Gasteiger partial charge in [0.25, 0.3) is 11.8 Å². The minimum absolute atomic E-state index is 0.199. The summed E-state index contributed by atoms with van der Waals surface area (Å²) in [5.41, 5.74) is 1.68. The highest BCUT2D eigenvalue weighted by molar-refractivity contribution is 7.90. The lowest BCUT2D eigenvalue weighted by Gasteiger charge is -2.06. The molecule has 1 amide bonds. The number of nitrogens with one attached hydrogen (secondary N) is 1. The van der Waals surface area contributed by atoms with E-state index in [1.54, 1.807) is 43.3 Å². The number of benzene rings is 2. The van der Waals surface area contributed by atoms with Crippen LogP contribution in [0, 0.1) is 6.92 Å². The van der Waals surface area contributed by atoms with E-state index in [-0.39, 0.29) is 10.8 Å². The molecule has 3 aromatic rings. The highest BCUT2D eigenvalue weighted by atomic mass is 32.2. The van der Waals surface area contributed by atoms with Gasteiger partial charge in [0.05, 0.1) is 4.90 Å². The summed E-state index contributed by atoms with van der Waals surface area (Å²) < 4.78 is 27.9. The van der Waals surface area contributed by atoms with E-state index in [2.05, 4.69) is 15.5 Å². The molecule has 0 aliphatic carbocycles. The average Bonchev–Trinajstić information content (AvgIpc) is 3.01. The fourth-order valence-corrected chi connectivity index (χ4v) is 2.80. The van der Waals surface area contributed by atoms with Gasteiger partial charge in [-0.2, -0.15) is 4.98 Å². The van der Waals surface area contributed by atoms with Crippen molar-refractivity contribution < 1.29 is 17.7 Å². The molecule has 0 atom stereocenters. The van der Waals surface area contributed by atoms with Crippen molar-refractivity contribution in [1.29, 1.82) is 0 Å². The van der Waals surface area contributed by atoms with E-state index >= 15 is 0 Å². The number of rotatable bonds is 4. The number of aromatic nitrogens is 2. The van der Waals surface area contributed by atoms with Gasteiger partial charge in [-0.3, -0.25) is 4.79 Å². The molecule has 0 saturated carbocycles. The number of sulfone groups is 1. The van der Waals surface area contributed by atoms with E-state index in [1.165, 1.54) is 12.1 Å². The first-order valence-corrected chi connectivity index (χ1v) is 9.24. The Hall–Kier alpha value is -3.00. The highest BCUT2D eigenvalue weighted by Crippen LogP contribution is 2.19. The van der Waals surface area contributed by atoms with Gasteiger partial charge < -0.3 is 9.84 Å². The Morgan fingerprint density at radius 2 is 1.68 bits per heavy atom. The molecule has 8 heteroatoms. The number of hydrogen-bond donors (Lipinski definition) is 1. The molecule has 3 rings (SSSR count). The maximum atomic E-state index is 12.3. The van der Waals surface area contributed by atoms with Crippen molar-refractivity contribution in [1.82, 2.24) is 10.1 Å². The fraction of sp³-hybridized carbons (Fsp3) is 0.118. The molecule has 0 unspecified atom stereocenters. The molecule has 1 aromatic heterocycles. The maximum Gasteiger partial charge on any atom is 0.257 e. The zero-order valence-corrected chi connectivity index (χ0v) is 14.4. The zero-order chi connectivity index (χ0) is 18.0. The van der Waals surface area contributed by atoms with E-state index in [4.69, 9.17) is 4.52 Å². The molecule has 0 bridgehead atoms. The van der Waals surface area contributed by atoms with Crippen molar-refractivity contribution in [2.75, 3.05) is 11.6 Å². The van der Waals surface area contributed by atoms with Gasteiger partial charge in [0.2, 0.25) is 0 Å². The predicted molar refractivity (Wildman–Crippen MR) is 92.0 cm³/mol. The quantitative estimate of drug-likeness (QED) is 0.770. The summed E-state index contributed by atoms with van der Waals surface area (Å²) in [6.45, 7) is 1.73. The standard InChI is InChI=1S/C17H15N3O4S/c1-11-18-17(24-20-11)13-5-3-12(4-6-13)16(21)19-14-7-9-15(10-8-14)25(2,22)23/h3-10H,1-2H3,(H,19,21). The van der Waals surface area contributed by atoms with Crippen molar-refractivity contribution in [3.05, 3.63) is 59.9 Å². The molecule has 128 valence electrons. The van der Waals surface area contributed by atoms with E-state index in [1.807, 2.05) is 0 Å². The summed E-state index contributed by atoms with van der Waals surface area (Å²) in [6.07, 6.45) is 1.13. The largest absolute Gasteiger partial charge is 0.334 e. The van der Waals surface area contributed by atoms with Crippen molar-refractivity contribution in [2.24, 2.45) is 0 Å². The smallest absolute Gasteiger partial charge is 0.257 e. The van der Waals surface area contributed by atoms with Crippen molar-refractivity contribution in [3.63, 3.8) is 0 Å². The Kier molecular flexibility index (Phi) is 4.37. The number of anilines is 1. The van der Waals surface area contributed by atoms with Gasteiger partial charge in [-0.25, -0.2) is 8.42 Å². The van der Waals surface area contributed by atoms with Crippen LogP contribution in [0.3, 0.4) is 0 Å². The van der Waals surface area contributed by atoms with Crippen molar-refractivity contribution in [2.45, 2.75) is 11.8 Å². The van der Waals surface area contributed by atoms with Crippen molar-refractivity contribution in [3.8, 4) is 11.5 Å². The van der Waals surface area contributed by atoms with E-state index in [0.29, 0.717) is 23.0 Å². The van der Waals surface area contributed by atoms with Gasteiger partial charge in [-0.1, -0.05) is 5.16 Å². The summed E-state index contributed by atoms with van der Waals surface area (Å²) in [5.74, 6) is 0.621. The Morgan fingerprint density at radius 1 is 1.04 bits per heavy atom. The molecule has 2 aromatic carbocycles. The fourth-order valence-electron chi connectivity index (χ4n) is 2.17. The van der Waals surface area contributed by atoms with Crippen LogP contribution in [0.2, 0.25) is 0 Å². The Morgan fingerprint density at radius 3 is 2.20 bits per heavy atom. The third-order valence-corrected chi connectivity index (χ3v) is 4.59. The third-order valence-electron chi connectivity index (χ3n) is 3.46. The normalized spacial score (nSPS) is 11.3. The van der Waals surface area contributed by atoms with Crippen LogP contribution in [-0.4, -0.2) is 30.7 Å². The van der Waals surface area contributed by atoms with Crippen LogP contribution in [-0.2, 0) is 9.84 Å². The molecule has 7 nitrogen and oxygen atoms in total. The second kappa shape index (κ2) is 6.48. The molecule has 0 saturated heterocycles. The van der Waals surface area contributed by atoms with Crippen LogP contribution < -0.4 is 5.32 Å². The van der Waals surface area contributed by atoms with Crippen LogP contribution in [0.4, 0.5) is 5.69 Å². The van der Waals surface area contributed by atoms with Crippen LogP contribution in [0.15, 0.2) is 57.9 Å². The number of hydrogen-bond acceptors (Lipinski definition) is 6. The first-order chi connectivity index (χ1) is 11.8. The van der Waals surface area contributed by atoms with Gasteiger partial charge in [-0.15, -0.1) is 0 Å². The first kappa shape index (κ1) is 16.8. The Balaban J connectivity index is 1.73. The van der Waals surface area contributed by atoms with Gasteiger partial charge in [0.15, 0.2) is 15.7 Å². The topological polar surface area (TPSA) is 102 Å². The maximum absolute atomic E-state index is 12.3. The lowest BCUT2D eigenvalue weighted by Crippen LogP contribution is -2.11. The lowest BCUT2D eigenvalue weighted by atomic mass is 10.1. The molecule has 0 fully saturated rings. The lowest BCUT2D eigenvalue weighted by molar-refractivity contribution is 0.102. The number of amides is 1. The Labute approximate surface area is 144 Å². The van der Waals surface area contributed by atoms with E-state index < -0.39 is 9.84 Å². The minimum Gasteiger partial charge on any atom is -0.334 e. The number of carbonyl (C=O) groups excluding carboxylic acids is 1. The summed E-state index contributed by atoms with van der Waals surface area (Å²) >= 11 is 0. The molecule has 0 aliphatic rings. The second-order valence-corrected chi connectivity index (χ2v) is 7.49. The van der Waals surface area contributed by atoms with Gasteiger partial charge in [-0.05, 0) is 55.5 Å². The van der Waals surface area contributed by atoms with E-state index in [9.17, 15) is 13.2 Å². The minimum atomic E-state index is -3.26. The number of nitrogens with zero attached hydrogens (tertiary/aromatic N) is 2. The second-order valence-electron chi connectivity index (χ2n) is 5.47. The Bertz CT molecular complexity index is 1010. The predicted octanol–water partition coefficient (Wildman–Crippen LogP) is 2.70. The monoisotopic (exact) mass is 357 g/mol. The van der Waals surface area contributed by atoms with Gasteiger partial charge in [0.1, 0.15) is 0 Å². The first-order valence-electron chi connectivity index (χ1n) is 7.35. The number of aryl methyl sites for hydroxylation is 1. The molecule has 0 spiro atoms. The molecule has 1 N–H and O–H groups in total. The van der Waals surface area contributed by atoms with Gasteiger partial charge >= 0.3 is 0 Å². The summed E-state index contributed by atoms with van der Waals surface area (Å²) in [4.78, 5) is 16.6. The SMILES string of the molecule is Cc1noc(-c2ccc(C(=O)Nc3ccc(S(C)(=O)=O)cc3)cc2)n1. The molecular weight excluding hydrogens is 342 g/mol.